The van der Waals surface area contributed by atoms with Crippen LogP contribution in [0.25, 0.3) is 0 Å². The van der Waals surface area contributed by atoms with Gasteiger partial charge in [-0.2, -0.15) is 0 Å². The molecule has 0 bridgehead atoms. The minimum absolute atomic E-state index is 0.000900. The normalized spacial score (nSPS) is 11.5. The third-order valence-electron chi connectivity index (χ3n) is 5.94. The van der Waals surface area contributed by atoms with Crippen molar-refractivity contribution in [3.63, 3.8) is 0 Å². The molecule has 0 aliphatic rings. The summed E-state index contributed by atoms with van der Waals surface area (Å²) in [5.74, 6) is 1.01. The minimum Gasteiger partial charge on any atom is -0.497 e. The Morgan fingerprint density at radius 2 is 1.60 bits per heavy atom. The van der Waals surface area contributed by atoms with Gasteiger partial charge in [-0.1, -0.05) is 56.7 Å². The number of amides is 2. The number of carbonyl (C=O) groups excluding carboxylic acids is 2. The molecule has 3 rings (SSSR count). The minimum atomic E-state index is -0.216. The average molecular weight is 495 g/mol. The van der Waals surface area contributed by atoms with Gasteiger partial charge in [0.25, 0.3) is 5.91 Å². The molecule has 2 amide bonds. The molecule has 0 N–H and O–H groups in total. The van der Waals surface area contributed by atoms with E-state index in [1.807, 2.05) is 52.7 Å². The average Bonchev–Trinajstić information content (AvgIpc) is 3.40. The molecule has 0 fully saturated rings. The molecule has 0 aliphatic carbocycles. The number of rotatable bonds is 12. The van der Waals surface area contributed by atoms with E-state index >= 15 is 0 Å². The molecule has 0 aliphatic heterocycles. The van der Waals surface area contributed by atoms with Gasteiger partial charge in [-0.3, -0.25) is 9.59 Å². The fourth-order valence-electron chi connectivity index (χ4n) is 3.73. The molecule has 1 heterocycles. The molecule has 0 spiro atoms. The van der Waals surface area contributed by atoms with E-state index in [-0.39, 0.29) is 24.3 Å². The van der Waals surface area contributed by atoms with E-state index in [0.29, 0.717) is 36.7 Å². The highest BCUT2D eigenvalue weighted by molar-refractivity contribution is 7.09. The number of nitrogens with zero attached hydrogens (tertiary/aromatic N) is 2. The van der Waals surface area contributed by atoms with Crippen LogP contribution in [0.1, 0.15) is 41.1 Å². The van der Waals surface area contributed by atoms with Crippen molar-refractivity contribution in [2.24, 2.45) is 5.92 Å². The Bertz CT molecular complexity index is 1060. The van der Waals surface area contributed by atoms with Gasteiger partial charge in [0.1, 0.15) is 18.0 Å². The number of carbonyl (C=O) groups is 2. The maximum atomic E-state index is 13.6. The maximum absolute atomic E-state index is 13.6. The molecule has 1 aromatic heterocycles. The van der Waals surface area contributed by atoms with Crippen LogP contribution in [0.15, 0.2) is 66.0 Å². The van der Waals surface area contributed by atoms with Crippen molar-refractivity contribution in [1.82, 2.24) is 9.80 Å². The Morgan fingerprint density at radius 3 is 2.17 bits per heavy atom. The summed E-state index contributed by atoms with van der Waals surface area (Å²) < 4.78 is 10.7. The van der Waals surface area contributed by atoms with Crippen LogP contribution in [0.4, 0.5) is 0 Å². The van der Waals surface area contributed by atoms with E-state index in [0.717, 1.165) is 16.9 Å². The lowest BCUT2D eigenvalue weighted by Gasteiger charge is -2.29. The fourth-order valence-corrected chi connectivity index (χ4v) is 4.45. The van der Waals surface area contributed by atoms with Gasteiger partial charge in [0, 0.05) is 29.6 Å². The molecule has 35 heavy (non-hydrogen) atoms. The molecule has 1 unspecified atom stereocenters. The summed E-state index contributed by atoms with van der Waals surface area (Å²) in [6, 6.07) is 19.0. The maximum Gasteiger partial charge on any atom is 0.254 e. The van der Waals surface area contributed by atoms with Crippen LogP contribution in [0.2, 0.25) is 0 Å². The van der Waals surface area contributed by atoms with Crippen LogP contribution >= 0.6 is 11.3 Å². The number of benzene rings is 2. The summed E-state index contributed by atoms with van der Waals surface area (Å²) in [5.41, 5.74) is 1.49. The van der Waals surface area contributed by atoms with Crippen molar-refractivity contribution < 1.29 is 19.1 Å². The third kappa shape index (κ3) is 7.59. The Kier molecular flexibility index (Phi) is 9.73. The van der Waals surface area contributed by atoms with Crippen LogP contribution in [0, 0.1) is 5.92 Å². The molecule has 0 saturated carbocycles. The monoisotopic (exact) mass is 494 g/mol. The highest BCUT2D eigenvalue weighted by Crippen LogP contribution is 2.24. The van der Waals surface area contributed by atoms with Gasteiger partial charge in [0.2, 0.25) is 5.91 Å². The van der Waals surface area contributed by atoms with Gasteiger partial charge in [0.15, 0.2) is 0 Å². The van der Waals surface area contributed by atoms with Gasteiger partial charge in [-0.25, -0.2) is 0 Å². The van der Waals surface area contributed by atoms with Gasteiger partial charge >= 0.3 is 0 Å². The Hall–Kier alpha value is -3.32. The van der Waals surface area contributed by atoms with E-state index in [1.54, 1.807) is 48.7 Å². The number of thiophene rings is 1. The highest BCUT2D eigenvalue weighted by Gasteiger charge is 2.25. The molecule has 7 heteroatoms. The molecule has 0 radical (unpaired) electrons. The smallest absolute Gasteiger partial charge is 0.254 e. The third-order valence-corrected chi connectivity index (χ3v) is 6.80. The summed E-state index contributed by atoms with van der Waals surface area (Å²) in [7, 11) is 3.10. The molecule has 0 saturated heterocycles. The summed E-state index contributed by atoms with van der Waals surface area (Å²) >= 11 is 1.62. The predicted octanol–water partition coefficient (Wildman–Crippen LogP) is 5.48. The fraction of sp³-hybridized carbons (Fsp3) is 0.357. The lowest BCUT2D eigenvalue weighted by Crippen LogP contribution is -2.44. The number of hydrogen-bond donors (Lipinski definition) is 0. The van der Waals surface area contributed by atoms with Gasteiger partial charge in [0.05, 0.1) is 20.8 Å². The van der Waals surface area contributed by atoms with Crippen molar-refractivity contribution in [3.8, 4) is 11.5 Å². The van der Waals surface area contributed by atoms with Crippen LogP contribution in [0.3, 0.4) is 0 Å². The van der Waals surface area contributed by atoms with Crippen molar-refractivity contribution in [2.45, 2.75) is 33.4 Å². The zero-order valence-corrected chi connectivity index (χ0v) is 21.7. The second-order valence-electron chi connectivity index (χ2n) is 8.62. The zero-order chi connectivity index (χ0) is 25.2. The molecule has 186 valence electrons. The van der Waals surface area contributed by atoms with Crippen LogP contribution in [-0.2, 0) is 17.9 Å². The topological polar surface area (TPSA) is 59.1 Å². The first-order valence-corrected chi connectivity index (χ1v) is 12.7. The van der Waals surface area contributed by atoms with Crippen molar-refractivity contribution >= 4 is 23.2 Å². The zero-order valence-electron chi connectivity index (χ0n) is 20.9. The Labute approximate surface area is 212 Å². The van der Waals surface area contributed by atoms with Crippen molar-refractivity contribution in [1.29, 1.82) is 0 Å². The Morgan fingerprint density at radius 1 is 0.914 bits per heavy atom. The summed E-state index contributed by atoms with van der Waals surface area (Å²) in [6.45, 7) is 5.64. The van der Waals surface area contributed by atoms with Crippen molar-refractivity contribution in [2.75, 3.05) is 27.3 Å². The number of ether oxygens (including phenoxy) is 2. The van der Waals surface area contributed by atoms with E-state index in [1.165, 1.54) is 0 Å². The summed E-state index contributed by atoms with van der Waals surface area (Å²) in [5, 5.41) is 2.01. The summed E-state index contributed by atoms with van der Waals surface area (Å²) in [4.78, 5) is 31.8. The summed E-state index contributed by atoms with van der Waals surface area (Å²) in [6.07, 6.45) is 0.905. The quantitative estimate of drug-likeness (QED) is 0.334. The predicted molar refractivity (Wildman–Crippen MR) is 140 cm³/mol. The molecule has 2 aromatic carbocycles. The van der Waals surface area contributed by atoms with Crippen molar-refractivity contribution in [3.05, 3.63) is 82.0 Å². The molecule has 3 aromatic rings. The van der Waals surface area contributed by atoms with Crippen LogP contribution < -0.4 is 9.47 Å². The molecular formula is C28H34N2O4S. The molecule has 1 atom stereocenters. The highest BCUT2D eigenvalue weighted by atomic mass is 32.1. The molecular weight excluding hydrogens is 460 g/mol. The van der Waals surface area contributed by atoms with E-state index < -0.39 is 0 Å². The van der Waals surface area contributed by atoms with E-state index in [4.69, 9.17) is 9.47 Å². The van der Waals surface area contributed by atoms with Gasteiger partial charge < -0.3 is 19.3 Å². The van der Waals surface area contributed by atoms with Gasteiger partial charge in [-0.05, 0) is 35.1 Å². The van der Waals surface area contributed by atoms with E-state index in [2.05, 4.69) is 13.8 Å². The van der Waals surface area contributed by atoms with Gasteiger partial charge in [-0.15, -0.1) is 11.3 Å². The number of methoxy groups -OCH3 is 2. The first-order chi connectivity index (χ1) is 16.9. The van der Waals surface area contributed by atoms with E-state index in [9.17, 15) is 9.59 Å². The SMILES string of the molecule is CCC(C)CN(CC(=O)N(Cc1ccccc1)Cc1cccs1)C(=O)c1cc(OC)cc(OC)c1. The second-order valence-corrected chi connectivity index (χ2v) is 9.65. The Balaban J connectivity index is 1.86. The standard InChI is InChI=1S/C28H34N2O4S/c1-5-21(2)17-30(28(32)23-14-24(33-3)16-25(15-23)34-4)20-27(31)29(19-26-12-9-13-35-26)18-22-10-7-6-8-11-22/h6-16,21H,5,17-20H2,1-4H3. The van der Waals surface area contributed by atoms with Crippen LogP contribution in [-0.4, -0.2) is 48.9 Å². The molecule has 6 nitrogen and oxygen atoms in total. The lowest BCUT2D eigenvalue weighted by atomic mass is 10.1. The lowest BCUT2D eigenvalue weighted by molar-refractivity contribution is -0.133. The first-order valence-electron chi connectivity index (χ1n) is 11.8. The first kappa shape index (κ1) is 26.3. The number of hydrogen-bond acceptors (Lipinski definition) is 5. The largest absolute Gasteiger partial charge is 0.497 e. The van der Waals surface area contributed by atoms with Crippen LogP contribution in [0.5, 0.6) is 11.5 Å². The second kappa shape index (κ2) is 13.0.